The molecule has 0 radical (unpaired) electrons. The SMILES string of the molecule is c1ccc2oc(-c3[nH]ncc3CN3CCSCC3)cc2c1. The van der Waals surface area contributed by atoms with Gasteiger partial charge in [0.1, 0.15) is 11.3 Å². The molecule has 3 aromatic rings. The molecule has 0 atom stereocenters. The number of para-hydroxylation sites is 1. The van der Waals surface area contributed by atoms with Gasteiger partial charge in [0.2, 0.25) is 0 Å². The van der Waals surface area contributed by atoms with E-state index >= 15 is 0 Å². The van der Waals surface area contributed by atoms with Crippen LogP contribution in [0.2, 0.25) is 0 Å². The van der Waals surface area contributed by atoms with Crippen molar-refractivity contribution in [1.82, 2.24) is 15.1 Å². The molecule has 21 heavy (non-hydrogen) atoms. The molecule has 108 valence electrons. The molecule has 0 spiro atoms. The Bertz CT molecular complexity index is 710. The lowest BCUT2D eigenvalue weighted by atomic mass is 10.2. The van der Waals surface area contributed by atoms with E-state index in [2.05, 4.69) is 27.2 Å². The Labute approximate surface area is 127 Å². The molecule has 1 N–H and O–H groups in total. The van der Waals surface area contributed by atoms with Gasteiger partial charge in [-0.2, -0.15) is 16.9 Å². The lowest BCUT2D eigenvalue weighted by Gasteiger charge is -2.25. The predicted molar refractivity (Wildman–Crippen MR) is 86.4 cm³/mol. The third-order valence-corrected chi connectivity index (χ3v) is 4.83. The quantitative estimate of drug-likeness (QED) is 0.805. The van der Waals surface area contributed by atoms with E-state index in [1.54, 1.807) is 0 Å². The van der Waals surface area contributed by atoms with Gasteiger partial charge in [-0.1, -0.05) is 18.2 Å². The van der Waals surface area contributed by atoms with E-state index in [-0.39, 0.29) is 0 Å². The first-order chi connectivity index (χ1) is 10.4. The summed E-state index contributed by atoms with van der Waals surface area (Å²) in [6.45, 7) is 3.23. The van der Waals surface area contributed by atoms with Gasteiger partial charge in [0, 0.05) is 42.1 Å². The lowest BCUT2D eigenvalue weighted by Crippen LogP contribution is -2.31. The number of furan rings is 1. The predicted octanol–water partition coefficient (Wildman–Crippen LogP) is 3.37. The topological polar surface area (TPSA) is 45.1 Å². The molecule has 2 aromatic heterocycles. The summed E-state index contributed by atoms with van der Waals surface area (Å²) >= 11 is 2.03. The summed E-state index contributed by atoms with van der Waals surface area (Å²) in [4.78, 5) is 2.48. The molecule has 4 nitrogen and oxygen atoms in total. The third-order valence-electron chi connectivity index (χ3n) is 3.89. The van der Waals surface area contributed by atoms with E-state index in [1.165, 1.54) is 17.1 Å². The van der Waals surface area contributed by atoms with Gasteiger partial charge in [-0.3, -0.25) is 10.00 Å². The maximum atomic E-state index is 5.95. The number of nitrogens with one attached hydrogen (secondary N) is 1. The maximum Gasteiger partial charge on any atom is 0.153 e. The normalized spacial score (nSPS) is 16.6. The van der Waals surface area contributed by atoms with Crippen molar-refractivity contribution in [2.75, 3.05) is 24.6 Å². The minimum absolute atomic E-state index is 0.870. The summed E-state index contributed by atoms with van der Waals surface area (Å²) in [5.74, 6) is 3.31. The van der Waals surface area contributed by atoms with Crippen molar-refractivity contribution in [3.63, 3.8) is 0 Å². The minimum Gasteiger partial charge on any atom is -0.454 e. The molecule has 0 bridgehead atoms. The number of rotatable bonds is 3. The van der Waals surface area contributed by atoms with E-state index in [9.17, 15) is 0 Å². The Morgan fingerprint density at radius 1 is 1.24 bits per heavy atom. The Balaban J connectivity index is 1.64. The van der Waals surface area contributed by atoms with E-state index in [0.717, 1.165) is 42.1 Å². The number of hydrogen-bond donors (Lipinski definition) is 1. The van der Waals surface area contributed by atoms with Crippen LogP contribution in [0.4, 0.5) is 0 Å². The van der Waals surface area contributed by atoms with E-state index in [1.807, 2.05) is 36.2 Å². The van der Waals surface area contributed by atoms with Crippen LogP contribution < -0.4 is 0 Å². The molecule has 1 fully saturated rings. The maximum absolute atomic E-state index is 5.95. The summed E-state index contributed by atoms with van der Waals surface area (Å²) in [5.41, 5.74) is 3.13. The fraction of sp³-hybridized carbons (Fsp3) is 0.312. The van der Waals surface area contributed by atoms with Gasteiger partial charge in [0.15, 0.2) is 5.76 Å². The summed E-state index contributed by atoms with van der Waals surface area (Å²) in [6.07, 6.45) is 1.92. The largest absolute Gasteiger partial charge is 0.454 e. The van der Waals surface area contributed by atoms with Gasteiger partial charge in [-0.05, 0) is 12.1 Å². The molecule has 0 saturated carbocycles. The van der Waals surface area contributed by atoms with E-state index in [0.29, 0.717) is 0 Å². The zero-order chi connectivity index (χ0) is 14.1. The molecule has 5 heteroatoms. The van der Waals surface area contributed by atoms with Crippen LogP contribution in [0.1, 0.15) is 5.56 Å². The van der Waals surface area contributed by atoms with Crippen LogP contribution in [0.5, 0.6) is 0 Å². The zero-order valence-electron chi connectivity index (χ0n) is 11.7. The van der Waals surface area contributed by atoms with Crippen molar-refractivity contribution in [2.24, 2.45) is 0 Å². The second-order valence-electron chi connectivity index (χ2n) is 5.31. The van der Waals surface area contributed by atoms with Crippen molar-refractivity contribution >= 4 is 22.7 Å². The van der Waals surface area contributed by atoms with Crippen LogP contribution in [0.25, 0.3) is 22.4 Å². The van der Waals surface area contributed by atoms with Gasteiger partial charge in [0.25, 0.3) is 0 Å². The summed E-state index contributed by atoms with van der Waals surface area (Å²) in [5, 5.41) is 8.44. The Hall–Kier alpha value is -1.72. The summed E-state index contributed by atoms with van der Waals surface area (Å²) in [7, 11) is 0. The molecular formula is C16H17N3OS. The molecule has 0 unspecified atom stereocenters. The molecule has 4 rings (SSSR count). The Morgan fingerprint density at radius 3 is 2.95 bits per heavy atom. The van der Waals surface area contributed by atoms with Crippen molar-refractivity contribution in [3.05, 3.63) is 42.1 Å². The van der Waals surface area contributed by atoms with Crippen LogP contribution in [0.3, 0.4) is 0 Å². The molecule has 1 aliphatic rings. The van der Waals surface area contributed by atoms with Crippen LogP contribution in [0.15, 0.2) is 40.9 Å². The van der Waals surface area contributed by atoms with Gasteiger partial charge in [0.05, 0.1) is 6.20 Å². The van der Waals surface area contributed by atoms with E-state index < -0.39 is 0 Å². The van der Waals surface area contributed by atoms with Crippen molar-refractivity contribution < 1.29 is 4.42 Å². The van der Waals surface area contributed by atoms with Gasteiger partial charge < -0.3 is 4.42 Å². The first-order valence-electron chi connectivity index (χ1n) is 7.21. The number of nitrogens with zero attached hydrogens (tertiary/aromatic N) is 2. The Morgan fingerprint density at radius 2 is 2.10 bits per heavy atom. The number of H-pyrrole nitrogens is 1. The molecule has 1 saturated heterocycles. The average molecular weight is 299 g/mol. The summed E-state index contributed by atoms with van der Waals surface area (Å²) in [6, 6.07) is 10.2. The number of thioether (sulfide) groups is 1. The van der Waals surface area contributed by atoms with Gasteiger partial charge >= 0.3 is 0 Å². The highest BCUT2D eigenvalue weighted by atomic mass is 32.2. The highest BCUT2D eigenvalue weighted by Gasteiger charge is 2.17. The van der Waals surface area contributed by atoms with Crippen LogP contribution >= 0.6 is 11.8 Å². The molecular weight excluding hydrogens is 282 g/mol. The van der Waals surface area contributed by atoms with E-state index in [4.69, 9.17) is 4.42 Å². The van der Waals surface area contributed by atoms with Crippen molar-refractivity contribution in [1.29, 1.82) is 0 Å². The average Bonchev–Trinajstić information content (AvgIpc) is 3.14. The Kier molecular flexibility index (Phi) is 3.45. The fourth-order valence-corrected chi connectivity index (χ4v) is 3.73. The first-order valence-corrected chi connectivity index (χ1v) is 8.37. The molecule has 0 aliphatic carbocycles. The molecule has 3 heterocycles. The lowest BCUT2D eigenvalue weighted by molar-refractivity contribution is 0.295. The number of aromatic amines is 1. The molecule has 0 amide bonds. The third kappa shape index (κ3) is 2.59. The van der Waals surface area contributed by atoms with Gasteiger partial charge in [-0.15, -0.1) is 0 Å². The second kappa shape index (κ2) is 5.58. The minimum atomic E-state index is 0.870. The number of fused-ring (bicyclic) bond motifs is 1. The fourth-order valence-electron chi connectivity index (χ4n) is 2.75. The van der Waals surface area contributed by atoms with Crippen LogP contribution in [0, 0.1) is 0 Å². The highest BCUT2D eigenvalue weighted by molar-refractivity contribution is 7.99. The summed E-state index contributed by atoms with van der Waals surface area (Å²) < 4.78 is 5.95. The van der Waals surface area contributed by atoms with Crippen molar-refractivity contribution in [3.8, 4) is 11.5 Å². The number of hydrogen-bond acceptors (Lipinski definition) is 4. The number of benzene rings is 1. The van der Waals surface area contributed by atoms with Crippen LogP contribution in [-0.2, 0) is 6.54 Å². The van der Waals surface area contributed by atoms with Gasteiger partial charge in [-0.25, -0.2) is 0 Å². The van der Waals surface area contributed by atoms with Crippen molar-refractivity contribution in [2.45, 2.75) is 6.54 Å². The zero-order valence-corrected chi connectivity index (χ0v) is 12.5. The monoisotopic (exact) mass is 299 g/mol. The molecule has 1 aromatic carbocycles. The smallest absolute Gasteiger partial charge is 0.153 e. The highest BCUT2D eigenvalue weighted by Crippen LogP contribution is 2.29. The van der Waals surface area contributed by atoms with Crippen LogP contribution in [-0.4, -0.2) is 39.7 Å². The molecule has 1 aliphatic heterocycles. The number of aromatic nitrogens is 2. The first kappa shape index (κ1) is 13.0. The standard InChI is InChI=1S/C16H17N3OS/c1-2-4-14-12(3-1)9-15(20-14)16-13(10-17-18-16)11-19-5-7-21-8-6-19/h1-4,9-10H,5-8,11H2,(H,17,18). The second-order valence-corrected chi connectivity index (χ2v) is 6.53.